The highest BCUT2D eigenvalue weighted by Crippen LogP contribution is 2.26. The molecule has 0 aromatic heterocycles. The number of nitrogens with one attached hydrogen (secondary N) is 1. The predicted molar refractivity (Wildman–Crippen MR) is 81.7 cm³/mol. The van der Waals surface area contributed by atoms with Gasteiger partial charge >= 0.3 is 0 Å². The van der Waals surface area contributed by atoms with Gasteiger partial charge in [-0.05, 0) is 38.8 Å². The molecule has 0 saturated heterocycles. The van der Waals surface area contributed by atoms with Crippen LogP contribution in [0.4, 0.5) is 0 Å². The molecule has 0 radical (unpaired) electrons. The smallest absolute Gasteiger partial charge is 0.220 e. The Morgan fingerprint density at radius 2 is 2.10 bits per heavy atom. The van der Waals surface area contributed by atoms with Crippen LogP contribution in [0.2, 0.25) is 0 Å². The Morgan fingerprint density at radius 3 is 2.70 bits per heavy atom. The molecule has 1 amide bonds. The first-order valence-electron chi connectivity index (χ1n) is 7.11. The van der Waals surface area contributed by atoms with Gasteiger partial charge in [0, 0.05) is 12.0 Å². The van der Waals surface area contributed by atoms with Crippen molar-refractivity contribution in [3.05, 3.63) is 29.3 Å². The third-order valence-corrected chi connectivity index (χ3v) is 3.50. The fourth-order valence-electron chi connectivity index (χ4n) is 2.08. The van der Waals surface area contributed by atoms with Gasteiger partial charge in [-0.15, -0.1) is 0 Å². The van der Waals surface area contributed by atoms with Gasteiger partial charge in [-0.3, -0.25) is 4.79 Å². The minimum Gasteiger partial charge on any atom is -0.496 e. The summed E-state index contributed by atoms with van der Waals surface area (Å²) in [4.78, 5) is 11.9. The molecule has 1 aromatic carbocycles. The summed E-state index contributed by atoms with van der Waals surface area (Å²) in [6.07, 6.45) is 1.33. The molecule has 0 aliphatic heterocycles. The first-order valence-corrected chi connectivity index (χ1v) is 7.11. The maximum Gasteiger partial charge on any atom is 0.220 e. The average Bonchev–Trinajstić information content (AvgIpc) is 2.44. The fourth-order valence-corrected chi connectivity index (χ4v) is 2.08. The number of methoxy groups -OCH3 is 1. The molecule has 112 valence electrons. The van der Waals surface area contributed by atoms with Gasteiger partial charge in [-0.25, -0.2) is 0 Å². The van der Waals surface area contributed by atoms with Crippen LogP contribution in [-0.2, 0) is 4.79 Å². The Morgan fingerprint density at radius 1 is 1.40 bits per heavy atom. The summed E-state index contributed by atoms with van der Waals surface area (Å²) >= 11 is 0. The Labute approximate surface area is 121 Å². The van der Waals surface area contributed by atoms with Crippen LogP contribution < -0.4 is 15.8 Å². The van der Waals surface area contributed by atoms with E-state index in [0.29, 0.717) is 18.9 Å². The molecule has 1 rings (SSSR count). The molecule has 0 heterocycles. The lowest BCUT2D eigenvalue weighted by Gasteiger charge is -2.18. The second-order valence-electron chi connectivity index (χ2n) is 5.41. The van der Waals surface area contributed by atoms with Gasteiger partial charge < -0.3 is 15.8 Å². The van der Waals surface area contributed by atoms with Crippen molar-refractivity contribution >= 4 is 5.91 Å². The average molecular weight is 278 g/mol. The van der Waals surface area contributed by atoms with Gasteiger partial charge in [-0.2, -0.15) is 0 Å². The van der Waals surface area contributed by atoms with Crippen LogP contribution in [0.3, 0.4) is 0 Å². The maximum atomic E-state index is 11.9. The fraction of sp³-hybridized carbons (Fsp3) is 0.562. The molecule has 4 heteroatoms. The molecule has 4 nitrogen and oxygen atoms in total. The van der Waals surface area contributed by atoms with Crippen LogP contribution in [0.25, 0.3) is 0 Å². The number of aryl methyl sites for hydroxylation is 1. The number of nitrogens with two attached hydrogens (primary N) is 1. The van der Waals surface area contributed by atoms with Crippen LogP contribution in [0.1, 0.15) is 43.9 Å². The number of amides is 1. The van der Waals surface area contributed by atoms with Crippen molar-refractivity contribution in [1.29, 1.82) is 0 Å². The lowest BCUT2D eigenvalue weighted by atomic mass is 10.0. The van der Waals surface area contributed by atoms with Gasteiger partial charge in [0.05, 0.1) is 13.2 Å². The zero-order valence-corrected chi connectivity index (χ0v) is 12.9. The van der Waals surface area contributed by atoms with E-state index in [1.165, 1.54) is 0 Å². The monoisotopic (exact) mass is 278 g/mol. The first kappa shape index (κ1) is 16.5. The normalized spacial score (nSPS) is 13.7. The van der Waals surface area contributed by atoms with Crippen molar-refractivity contribution in [2.24, 2.45) is 11.7 Å². The topological polar surface area (TPSA) is 64.3 Å². The Balaban J connectivity index is 2.64. The van der Waals surface area contributed by atoms with E-state index in [-0.39, 0.29) is 11.9 Å². The molecule has 0 aliphatic rings. The number of hydrogen-bond acceptors (Lipinski definition) is 3. The molecule has 0 spiro atoms. The van der Waals surface area contributed by atoms with Gasteiger partial charge in [0.25, 0.3) is 0 Å². The molecule has 2 atom stereocenters. The second kappa shape index (κ2) is 7.90. The maximum absolute atomic E-state index is 11.9. The summed E-state index contributed by atoms with van der Waals surface area (Å²) in [6, 6.07) is 5.92. The molecule has 0 fully saturated rings. The van der Waals surface area contributed by atoms with Crippen LogP contribution in [0.5, 0.6) is 5.75 Å². The molecule has 0 bridgehead atoms. The molecule has 0 saturated carbocycles. The highest BCUT2D eigenvalue weighted by molar-refractivity contribution is 5.76. The number of hydrogen-bond donors (Lipinski definition) is 2. The van der Waals surface area contributed by atoms with Gasteiger partial charge in [0.1, 0.15) is 5.75 Å². The van der Waals surface area contributed by atoms with Crippen molar-refractivity contribution in [2.45, 2.75) is 39.7 Å². The number of carbonyl (C=O) groups is 1. The third-order valence-electron chi connectivity index (χ3n) is 3.50. The zero-order chi connectivity index (χ0) is 15.1. The Bertz CT molecular complexity index is 446. The lowest BCUT2D eigenvalue weighted by Crippen LogP contribution is -2.27. The SMILES string of the molecule is COc1ccc(C)cc1C(C)NC(=O)CCC(C)CN. The van der Waals surface area contributed by atoms with Gasteiger partial charge in [0.15, 0.2) is 0 Å². The number of carbonyl (C=O) groups excluding carboxylic acids is 1. The molecular weight excluding hydrogens is 252 g/mol. The largest absolute Gasteiger partial charge is 0.496 e. The first-order chi connectivity index (χ1) is 9.47. The van der Waals surface area contributed by atoms with E-state index < -0.39 is 0 Å². The van der Waals surface area contributed by atoms with E-state index in [1.807, 2.05) is 32.0 Å². The van der Waals surface area contributed by atoms with Crippen LogP contribution in [0.15, 0.2) is 18.2 Å². The quantitative estimate of drug-likeness (QED) is 0.805. The van der Waals surface area contributed by atoms with E-state index in [0.717, 1.165) is 23.3 Å². The molecule has 2 unspecified atom stereocenters. The van der Waals surface area contributed by atoms with E-state index in [2.05, 4.69) is 12.2 Å². The highest BCUT2D eigenvalue weighted by Gasteiger charge is 2.14. The Kier molecular flexibility index (Phi) is 6.52. The second-order valence-corrected chi connectivity index (χ2v) is 5.41. The van der Waals surface area contributed by atoms with Crippen molar-refractivity contribution < 1.29 is 9.53 Å². The summed E-state index contributed by atoms with van der Waals surface area (Å²) < 4.78 is 5.35. The predicted octanol–water partition coefficient (Wildman–Crippen LogP) is 2.56. The van der Waals surface area contributed by atoms with Crippen molar-refractivity contribution in [2.75, 3.05) is 13.7 Å². The number of rotatable bonds is 7. The molecule has 0 aliphatic carbocycles. The molecule has 1 aromatic rings. The summed E-state index contributed by atoms with van der Waals surface area (Å²) in [7, 11) is 1.64. The van der Waals surface area contributed by atoms with E-state index in [9.17, 15) is 4.79 Å². The minimum atomic E-state index is -0.0643. The molecule has 20 heavy (non-hydrogen) atoms. The summed E-state index contributed by atoms with van der Waals surface area (Å²) in [5.41, 5.74) is 7.72. The summed E-state index contributed by atoms with van der Waals surface area (Å²) in [5.74, 6) is 1.24. The van der Waals surface area contributed by atoms with Gasteiger partial charge in [0.2, 0.25) is 5.91 Å². The lowest BCUT2D eigenvalue weighted by molar-refractivity contribution is -0.122. The minimum absolute atomic E-state index is 0.0568. The third kappa shape index (κ3) is 4.85. The molecule has 3 N–H and O–H groups in total. The molecular formula is C16H26N2O2. The van der Waals surface area contributed by atoms with Crippen LogP contribution in [-0.4, -0.2) is 19.6 Å². The van der Waals surface area contributed by atoms with Crippen LogP contribution >= 0.6 is 0 Å². The van der Waals surface area contributed by atoms with Crippen molar-refractivity contribution in [3.8, 4) is 5.75 Å². The van der Waals surface area contributed by atoms with Gasteiger partial charge in [-0.1, -0.05) is 24.6 Å². The Hall–Kier alpha value is -1.55. The summed E-state index contributed by atoms with van der Waals surface area (Å²) in [6.45, 7) is 6.68. The zero-order valence-electron chi connectivity index (χ0n) is 12.9. The standard InChI is InChI=1S/C16H26N2O2/c1-11-5-7-15(20-4)14(9-11)13(3)18-16(19)8-6-12(2)10-17/h5,7,9,12-13H,6,8,10,17H2,1-4H3,(H,18,19). The van der Waals surface area contributed by atoms with E-state index in [4.69, 9.17) is 10.5 Å². The van der Waals surface area contributed by atoms with Crippen LogP contribution in [0, 0.1) is 12.8 Å². The highest BCUT2D eigenvalue weighted by atomic mass is 16.5. The number of benzene rings is 1. The van der Waals surface area contributed by atoms with E-state index in [1.54, 1.807) is 7.11 Å². The number of ether oxygens (including phenoxy) is 1. The summed E-state index contributed by atoms with van der Waals surface area (Å²) in [5, 5.41) is 3.02. The van der Waals surface area contributed by atoms with Crippen molar-refractivity contribution in [3.63, 3.8) is 0 Å². The van der Waals surface area contributed by atoms with E-state index >= 15 is 0 Å². The van der Waals surface area contributed by atoms with Crippen molar-refractivity contribution in [1.82, 2.24) is 5.32 Å².